The Bertz CT molecular complexity index is 449. The minimum Gasteiger partial charge on any atom is -0.370 e. The molecule has 5 heteroatoms. The largest absolute Gasteiger partial charge is 0.370 e. The van der Waals surface area contributed by atoms with Crippen molar-refractivity contribution in [3.63, 3.8) is 0 Å². The molecular weight excluding hydrogens is 336 g/mol. The molecule has 0 bridgehead atoms. The molecule has 0 aromatic carbocycles. The molecule has 20 heavy (non-hydrogen) atoms. The first-order valence-corrected chi connectivity index (χ1v) is 8.91. The van der Waals surface area contributed by atoms with Gasteiger partial charge in [-0.2, -0.15) is 0 Å². The molecule has 0 aliphatic carbocycles. The Morgan fingerprint density at radius 1 is 1.60 bits per heavy atom. The first-order valence-electron chi connectivity index (χ1n) is 7.24. The number of morpholine rings is 1. The van der Waals surface area contributed by atoms with Gasteiger partial charge in [-0.1, -0.05) is 6.92 Å². The van der Waals surface area contributed by atoms with E-state index in [0.717, 1.165) is 24.0 Å². The van der Waals surface area contributed by atoms with Crippen molar-refractivity contribution in [2.75, 3.05) is 13.1 Å². The van der Waals surface area contributed by atoms with Gasteiger partial charge in [0.15, 0.2) is 0 Å². The van der Waals surface area contributed by atoms with Crippen LogP contribution in [0, 0.1) is 0 Å². The Morgan fingerprint density at radius 3 is 2.80 bits per heavy atom. The highest BCUT2D eigenvalue weighted by molar-refractivity contribution is 9.10. The van der Waals surface area contributed by atoms with Crippen LogP contribution in [0.1, 0.15) is 45.0 Å². The zero-order valence-corrected chi connectivity index (χ0v) is 15.1. The fourth-order valence-corrected chi connectivity index (χ4v) is 4.74. The molecule has 1 aromatic rings. The SMILES string of the molecule is CCC(N)C(c1cc(Br)cs1)N1CC(C)OC(C)(C)C1. The van der Waals surface area contributed by atoms with Crippen LogP contribution in [0.3, 0.4) is 0 Å². The number of nitrogens with zero attached hydrogens (tertiary/aromatic N) is 1. The normalized spacial score (nSPS) is 26.4. The molecule has 2 N–H and O–H groups in total. The lowest BCUT2D eigenvalue weighted by atomic mass is 9.98. The zero-order chi connectivity index (χ0) is 14.9. The molecule has 0 saturated carbocycles. The third-order valence-corrected chi connectivity index (χ3v) is 5.51. The molecule has 1 aliphatic rings. The van der Waals surface area contributed by atoms with Crippen molar-refractivity contribution in [3.05, 3.63) is 20.8 Å². The summed E-state index contributed by atoms with van der Waals surface area (Å²) in [5, 5.41) is 2.14. The van der Waals surface area contributed by atoms with Crippen molar-refractivity contribution in [2.45, 2.75) is 57.9 Å². The van der Waals surface area contributed by atoms with Crippen molar-refractivity contribution >= 4 is 27.3 Å². The van der Waals surface area contributed by atoms with Crippen LogP contribution in [0.4, 0.5) is 0 Å². The number of rotatable bonds is 4. The molecule has 3 atom stereocenters. The van der Waals surface area contributed by atoms with Crippen molar-refractivity contribution in [1.82, 2.24) is 4.90 Å². The quantitative estimate of drug-likeness (QED) is 0.887. The summed E-state index contributed by atoms with van der Waals surface area (Å²) in [6.45, 7) is 10.5. The Balaban J connectivity index is 2.27. The van der Waals surface area contributed by atoms with Crippen LogP contribution in [0.2, 0.25) is 0 Å². The molecule has 1 aromatic heterocycles. The van der Waals surface area contributed by atoms with Crippen LogP contribution >= 0.6 is 27.3 Å². The van der Waals surface area contributed by atoms with Gasteiger partial charge in [0.05, 0.1) is 17.7 Å². The van der Waals surface area contributed by atoms with Crippen LogP contribution in [-0.2, 0) is 4.74 Å². The zero-order valence-electron chi connectivity index (χ0n) is 12.7. The highest BCUT2D eigenvalue weighted by Crippen LogP contribution is 2.35. The molecule has 0 spiro atoms. The summed E-state index contributed by atoms with van der Waals surface area (Å²) >= 11 is 5.34. The molecule has 114 valence electrons. The summed E-state index contributed by atoms with van der Waals surface area (Å²) in [7, 11) is 0. The number of nitrogens with two attached hydrogens (primary N) is 1. The maximum absolute atomic E-state index is 6.43. The maximum Gasteiger partial charge on any atom is 0.0757 e. The van der Waals surface area contributed by atoms with Crippen molar-refractivity contribution in [1.29, 1.82) is 0 Å². The summed E-state index contributed by atoms with van der Waals surface area (Å²) in [6.07, 6.45) is 1.22. The molecular formula is C15H25BrN2OS. The van der Waals surface area contributed by atoms with Crippen LogP contribution in [0.15, 0.2) is 15.9 Å². The summed E-state index contributed by atoms with van der Waals surface area (Å²) in [5.41, 5.74) is 6.32. The molecule has 0 radical (unpaired) electrons. The summed E-state index contributed by atoms with van der Waals surface area (Å²) in [6, 6.07) is 2.64. The van der Waals surface area contributed by atoms with Crippen LogP contribution in [0.25, 0.3) is 0 Å². The Labute approximate surface area is 134 Å². The first-order chi connectivity index (χ1) is 9.32. The van der Waals surface area contributed by atoms with Gasteiger partial charge in [-0.3, -0.25) is 4.90 Å². The summed E-state index contributed by atoms with van der Waals surface area (Å²) in [5.74, 6) is 0. The predicted molar refractivity (Wildman–Crippen MR) is 89.2 cm³/mol. The Hall–Kier alpha value is 0.0600. The fraction of sp³-hybridized carbons (Fsp3) is 0.733. The van der Waals surface area contributed by atoms with Gasteiger partial charge in [-0.15, -0.1) is 11.3 Å². The fourth-order valence-electron chi connectivity index (χ4n) is 3.08. The smallest absolute Gasteiger partial charge is 0.0757 e. The van der Waals surface area contributed by atoms with E-state index < -0.39 is 0 Å². The van der Waals surface area contributed by atoms with E-state index in [0.29, 0.717) is 0 Å². The second-order valence-corrected chi connectivity index (χ2v) is 8.16. The molecule has 0 amide bonds. The van der Waals surface area contributed by atoms with Gasteiger partial charge in [-0.05, 0) is 49.2 Å². The predicted octanol–water partition coefficient (Wildman–Crippen LogP) is 3.79. The molecule has 2 heterocycles. The van der Waals surface area contributed by atoms with Crippen LogP contribution in [0.5, 0.6) is 0 Å². The number of thiophene rings is 1. The second-order valence-electron chi connectivity index (χ2n) is 6.30. The van der Waals surface area contributed by atoms with E-state index in [9.17, 15) is 0 Å². The maximum atomic E-state index is 6.43. The monoisotopic (exact) mass is 360 g/mol. The topological polar surface area (TPSA) is 38.5 Å². The molecule has 3 unspecified atom stereocenters. The third kappa shape index (κ3) is 3.83. The van der Waals surface area contributed by atoms with E-state index in [4.69, 9.17) is 10.5 Å². The highest BCUT2D eigenvalue weighted by atomic mass is 79.9. The van der Waals surface area contributed by atoms with Gasteiger partial charge in [0, 0.05) is 33.9 Å². The van der Waals surface area contributed by atoms with Crippen molar-refractivity contribution < 1.29 is 4.74 Å². The molecule has 3 nitrogen and oxygen atoms in total. The lowest BCUT2D eigenvalue weighted by molar-refractivity contribution is -0.140. The summed E-state index contributed by atoms with van der Waals surface area (Å²) in [4.78, 5) is 3.84. The van der Waals surface area contributed by atoms with Crippen LogP contribution < -0.4 is 5.73 Å². The van der Waals surface area contributed by atoms with E-state index in [2.05, 4.69) is 60.0 Å². The number of ether oxygens (including phenoxy) is 1. The van der Waals surface area contributed by atoms with Gasteiger partial charge in [-0.25, -0.2) is 0 Å². The third-order valence-electron chi connectivity index (χ3n) is 3.75. The second kappa shape index (κ2) is 6.44. The van der Waals surface area contributed by atoms with Gasteiger partial charge >= 0.3 is 0 Å². The van der Waals surface area contributed by atoms with Gasteiger partial charge < -0.3 is 10.5 Å². The minimum atomic E-state index is -0.113. The minimum absolute atomic E-state index is 0.113. The van der Waals surface area contributed by atoms with E-state index in [1.165, 1.54) is 4.88 Å². The van der Waals surface area contributed by atoms with Crippen molar-refractivity contribution in [3.8, 4) is 0 Å². The average molecular weight is 361 g/mol. The standard InChI is InChI=1S/C15H25BrN2OS/c1-5-12(17)14(13-6-11(16)8-20-13)18-7-10(2)19-15(3,4)9-18/h6,8,10,12,14H,5,7,9,17H2,1-4H3. The molecule has 1 fully saturated rings. The highest BCUT2D eigenvalue weighted by Gasteiger charge is 2.37. The molecule has 1 saturated heterocycles. The summed E-state index contributed by atoms with van der Waals surface area (Å²) < 4.78 is 7.16. The number of halogens is 1. The lowest BCUT2D eigenvalue weighted by Crippen LogP contribution is -2.55. The van der Waals surface area contributed by atoms with Gasteiger partial charge in [0.1, 0.15) is 0 Å². The first kappa shape index (κ1) is 16.4. The lowest BCUT2D eigenvalue weighted by Gasteiger charge is -2.46. The van der Waals surface area contributed by atoms with Gasteiger partial charge in [0.25, 0.3) is 0 Å². The average Bonchev–Trinajstić information content (AvgIpc) is 2.73. The molecule has 2 rings (SSSR count). The van der Waals surface area contributed by atoms with E-state index in [-0.39, 0.29) is 23.8 Å². The molecule has 1 aliphatic heterocycles. The van der Waals surface area contributed by atoms with Crippen LogP contribution in [-0.4, -0.2) is 35.7 Å². The van der Waals surface area contributed by atoms with Gasteiger partial charge in [0.2, 0.25) is 0 Å². The van der Waals surface area contributed by atoms with E-state index in [1.807, 2.05) is 0 Å². The van der Waals surface area contributed by atoms with E-state index >= 15 is 0 Å². The number of hydrogen-bond acceptors (Lipinski definition) is 4. The Morgan fingerprint density at radius 2 is 2.30 bits per heavy atom. The Kier molecular flexibility index (Phi) is 5.29. The van der Waals surface area contributed by atoms with E-state index in [1.54, 1.807) is 11.3 Å². The number of hydrogen-bond donors (Lipinski definition) is 1. The van der Waals surface area contributed by atoms with Crippen molar-refractivity contribution in [2.24, 2.45) is 5.73 Å².